The quantitative estimate of drug-likeness (QED) is 0.870. The van der Waals surface area contributed by atoms with Crippen molar-refractivity contribution < 1.29 is 9.47 Å². The smallest absolute Gasteiger partial charge is 0.148 e. The minimum atomic E-state index is -0.418. The first-order valence-electron chi connectivity index (χ1n) is 5.82. The summed E-state index contributed by atoms with van der Waals surface area (Å²) in [6.07, 6.45) is 0. The fraction of sp³-hybridized carbons (Fsp3) is 0.500. The molecule has 0 saturated carbocycles. The Morgan fingerprint density at radius 2 is 1.94 bits per heavy atom. The zero-order valence-electron chi connectivity index (χ0n) is 11.6. The van der Waals surface area contributed by atoms with Crippen LogP contribution in [0.25, 0.3) is 0 Å². The monoisotopic (exact) mass is 248 g/mol. The third-order valence-corrected chi connectivity index (χ3v) is 2.80. The van der Waals surface area contributed by atoms with Crippen LogP contribution < -0.4 is 14.8 Å². The Hall–Kier alpha value is -1.89. The van der Waals surface area contributed by atoms with Crippen molar-refractivity contribution in [3.63, 3.8) is 0 Å². The lowest BCUT2D eigenvalue weighted by molar-refractivity contribution is 0.389. The van der Waals surface area contributed by atoms with Crippen molar-refractivity contribution in [1.29, 1.82) is 5.26 Å². The summed E-state index contributed by atoms with van der Waals surface area (Å²) in [5.74, 6) is 1.54. The van der Waals surface area contributed by atoms with E-state index in [2.05, 4.69) is 11.4 Å². The lowest BCUT2D eigenvalue weighted by Gasteiger charge is -2.20. The number of nitriles is 1. The maximum Gasteiger partial charge on any atom is 0.148 e. The molecule has 18 heavy (non-hydrogen) atoms. The Labute approximate surface area is 109 Å². The summed E-state index contributed by atoms with van der Waals surface area (Å²) in [7, 11) is 3.26. The molecule has 0 aliphatic rings. The molecule has 0 atom stereocenters. The highest BCUT2D eigenvalue weighted by Gasteiger charge is 2.18. The van der Waals surface area contributed by atoms with Crippen molar-refractivity contribution in [3.8, 4) is 17.6 Å². The Kier molecular flexibility index (Phi) is 4.43. The molecule has 0 aliphatic heterocycles. The van der Waals surface area contributed by atoms with Crippen molar-refractivity contribution in [2.45, 2.75) is 20.8 Å². The van der Waals surface area contributed by atoms with Gasteiger partial charge in [-0.05, 0) is 32.9 Å². The van der Waals surface area contributed by atoms with Gasteiger partial charge in [-0.1, -0.05) is 0 Å². The van der Waals surface area contributed by atoms with Crippen molar-refractivity contribution >= 4 is 5.69 Å². The highest BCUT2D eigenvalue weighted by molar-refractivity contribution is 5.64. The van der Waals surface area contributed by atoms with Gasteiger partial charge >= 0.3 is 0 Å². The number of ether oxygens (including phenoxy) is 2. The molecular weight excluding hydrogens is 228 g/mol. The summed E-state index contributed by atoms with van der Waals surface area (Å²) in [6.45, 7) is 6.29. The molecule has 0 aliphatic carbocycles. The van der Waals surface area contributed by atoms with Crippen LogP contribution in [-0.2, 0) is 0 Å². The average molecular weight is 248 g/mol. The number of hydrogen-bond donors (Lipinski definition) is 1. The molecule has 1 N–H and O–H groups in total. The van der Waals surface area contributed by atoms with Crippen LogP contribution in [0.5, 0.6) is 11.5 Å². The highest BCUT2D eigenvalue weighted by atomic mass is 16.5. The average Bonchev–Trinajstić information content (AvgIpc) is 2.36. The first-order valence-corrected chi connectivity index (χ1v) is 5.82. The van der Waals surface area contributed by atoms with E-state index in [1.165, 1.54) is 0 Å². The van der Waals surface area contributed by atoms with Crippen LogP contribution >= 0.6 is 0 Å². The van der Waals surface area contributed by atoms with Gasteiger partial charge < -0.3 is 14.8 Å². The molecule has 0 amide bonds. The lowest BCUT2D eigenvalue weighted by Crippen LogP contribution is -2.21. The van der Waals surface area contributed by atoms with E-state index in [9.17, 15) is 0 Å². The Morgan fingerprint density at radius 3 is 2.44 bits per heavy atom. The van der Waals surface area contributed by atoms with E-state index in [1.54, 1.807) is 14.2 Å². The van der Waals surface area contributed by atoms with E-state index in [0.717, 1.165) is 22.7 Å². The molecule has 0 saturated heterocycles. The molecule has 1 aromatic rings. The number of methoxy groups -OCH3 is 2. The van der Waals surface area contributed by atoms with E-state index in [0.29, 0.717) is 6.54 Å². The van der Waals surface area contributed by atoms with Gasteiger partial charge in [0.1, 0.15) is 11.5 Å². The van der Waals surface area contributed by atoms with Crippen LogP contribution in [0, 0.1) is 23.7 Å². The van der Waals surface area contributed by atoms with E-state index >= 15 is 0 Å². The summed E-state index contributed by atoms with van der Waals surface area (Å²) in [6, 6.07) is 6.05. The molecule has 0 unspecified atom stereocenters. The van der Waals surface area contributed by atoms with Gasteiger partial charge in [-0.2, -0.15) is 5.26 Å². The summed E-state index contributed by atoms with van der Waals surface area (Å²) < 4.78 is 10.6. The van der Waals surface area contributed by atoms with Crippen molar-refractivity contribution in [1.82, 2.24) is 0 Å². The molecular formula is C14H20N2O2. The summed E-state index contributed by atoms with van der Waals surface area (Å²) in [5.41, 5.74) is 1.40. The molecule has 0 aromatic heterocycles. The van der Waals surface area contributed by atoms with Crippen LogP contribution in [0.15, 0.2) is 12.1 Å². The van der Waals surface area contributed by atoms with Gasteiger partial charge in [0.2, 0.25) is 0 Å². The van der Waals surface area contributed by atoms with E-state index < -0.39 is 5.41 Å². The molecule has 4 nitrogen and oxygen atoms in total. The number of anilines is 1. The number of benzene rings is 1. The molecule has 0 spiro atoms. The lowest BCUT2D eigenvalue weighted by atomic mass is 9.96. The molecule has 0 radical (unpaired) electrons. The first kappa shape index (κ1) is 14.2. The maximum atomic E-state index is 8.99. The van der Waals surface area contributed by atoms with Gasteiger partial charge in [0.25, 0.3) is 0 Å². The topological polar surface area (TPSA) is 54.3 Å². The fourth-order valence-corrected chi connectivity index (χ4v) is 1.65. The highest BCUT2D eigenvalue weighted by Crippen LogP contribution is 2.35. The molecule has 1 rings (SSSR count). The second-order valence-electron chi connectivity index (χ2n) is 4.82. The fourth-order valence-electron chi connectivity index (χ4n) is 1.65. The van der Waals surface area contributed by atoms with Gasteiger partial charge in [-0.15, -0.1) is 0 Å². The third kappa shape index (κ3) is 3.07. The van der Waals surface area contributed by atoms with Crippen LogP contribution in [0.4, 0.5) is 5.69 Å². The molecule has 4 heteroatoms. The van der Waals surface area contributed by atoms with E-state index in [-0.39, 0.29) is 0 Å². The Bertz CT molecular complexity index is 462. The van der Waals surface area contributed by atoms with E-state index in [4.69, 9.17) is 14.7 Å². The molecule has 0 fully saturated rings. The molecule has 0 bridgehead atoms. The van der Waals surface area contributed by atoms with Gasteiger partial charge in [0.05, 0.1) is 31.4 Å². The minimum absolute atomic E-state index is 0.418. The van der Waals surface area contributed by atoms with Crippen LogP contribution in [0.3, 0.4) is 0 Å². The second kappa shape index (κ2) is 5.63. The predicted molar refractivity (Wildman–Crippen MR) is 72.2 cm³/mol. The van der Waals surface area contributed by atoms with Crippen LogP contribution in [-0.4, -0.2) is 20.8 Å². The van der Waals surface area contributed by atoms with Gasteiger partial charge in [-0.25, -0.2) is 0 Å². The molecule has 98 valence electrons. The van der Waals surface area contributed by atoms with Crippen LogP contribution in [0.1, 0.15) is 19.4 Å². The summed E-state index contributed by atoms with van der Waals surface area (Å²) in [5, 5.41) is 12.2. The molecule has 1 aromatic carbocycles. The standard InChI is InChI=1S/C14H20N2O2/c1-10-12(17-4)7-6-11(13(10)18-5)16-9-14(2,3)8-15/h6-7,16H,9H2,1-5H3. The zero-order valence-corrected chi connectivity index (χ0v) is 11.6. The second-order valence-corrected chi connectivity index (χ2v) is 4.82. The number of nitrogens with zero attached hydrogens (tertiary/aromatic N) is 1. The SMILES string of the molecule is COc1ccc(NCC(C)(C)C#N)c(OC)c1C. The molecule has 0 heterocycles. The number of hydrogen-bond acceptors (Lipinski definition) is 4. The third-order valence-electron chi connectivity index (χ3n) is 2.80. The van der Waals surface area contributed by atoms with Gasteiger partial charge in [0, 0.05) is 12.1 Å². The van der Waals surface area contributed by atoms with Crippen molar-refractivity contribution in [3.05, 3.63) is 17.7 Å². The zero-order chi connectivity index (χ0) is 13.8. The van der Waals surface area contributed by atoms with Crippen LogP contribution in [0.2, 0.25) is 0 Å². The Balaban J connectivity index is 2.97. The van der Waals surface area contributed by atoms with E-state index in [1.807, 2.05) is 32.9 Å². The van der Waals surface area contributed by atoms with Gasteiger partial charge in [0.15, 0.2) is 0 Å². The van der Waals surface area contributed by atoms with Crippen molar-refractivity contribution in [2.75, 3.05) is 26.1 Å². The normalized spacial score (nSPS) is 10.7. The maximum absolute atomic E-state index is 8.99. The summed E-state index contributed by atoms with van der Waals surface area (Å²) in [4.78, 5) is 0. The first-order chi connectivity index (χ1) is 8.45. The van der Waals surface area contributed by atoms with Gasteiger partial charge in [-0.3, -0.25) is 0 Å². The minimum Gasteiger partial charge on any atom is -0.496 e. The Morgan fingerprint density at radius 1 is 1.28 bits per heavy atom. The predicted octanol–water partition coefficient (Wildman–Crippen LogP) is 2.97. The number of rotatable bonds is 5. The van der Waals surface area contributed by atoms with Crippen molar-refractivity contribution in [2.24, 2.45) is 5.41 Å². The number of nitrogens with one attached hydrogen (secondary N) is 1. The summed E-state index contributed by atoms with van der Waals surface area (Å²) >= 11 is 0. The largest absolute Gasteiger partial charge is 0.496 e.